The van der Waals surface area contributed by atoms with Crippen LogP contribution in [0.5, 0.6) is 0 Å². The molecule has 1 saturated heterocycles. The second-order valence-corrected chi connectivity index (χ2v) is 7.01. The third-order valence-electron chi connectivity index (χ3n) is 4.38. The fraction of sp³-hybridized carbons (Fsp3) is 0.100. The summed E-state index contributed by atoms with van der Waals surface area (Å²) < 4.78 is 0.784. The van der Waals surface area contributed by atoms with Gasteiger partial charge in [-0.15, -0.1) is 6.58 Å². The van der Waals surface area contributed by atoms with Gasteiger partial charge in [0.1, 0.15) is 5.76 Å². The van der Waals surface area contributed by atoms with Gasteiger partial charge < -0.3 is 10.0 Å². The summed E-state index contributed by atoms with van der Waals surface area (Å²) >= 11 is 3.30. The van der Waals surface area contributed by atoms with Crippen molar-refractivity contribution < 1.29 is 19.6 Å². The van der Waals surface area contributed by atoms with Gasteiger partial charge in [-0.1, -0.05) is 46.3 Å². The summed E-state index contributed by atoms with van der Waals surface area (Å²) in [6.45, 7) is 3.65. The highest BCUT2D eigenvalue weighted by Gasteiger charge is 2.45. The molecule has 0 saturated carbocycles. The Morgan fingerprint density at radius 1 is 1.25 bits per heavy atom. The minimum absolute atomic E-state index is 0.0506. The van der Waals surface area contributed by atoms with Crippen molar-refractivity contribution in [2.75, 3.05) is 6.54 Å². The molecule has 2 aromatic rings. The van der Waals surface area contributed by atoms with Gasteiger partial charge in [0.15, 0.2) is 0 Å². The maximum Gasteiger partial charge on any atom is 0.295 e. The number of hydrogen-bond donors (Lipinski definition) is 1. The van der Waals surface area contributed by atoms with Crippen LogP contribution in [0.4, 0.5) is 5.69 Å². The lowest BCUT2D eigenvalue weighted by Crippen LogP contribution is -2.29. The smallest absolute Gasteiger partial charge is 0.295 e. The van der Waals surface area contributed by atoms with Crippen molar-refractivity contribution in [1.82, 2.24) is 4.90 Å². The molecule has 1 unspecified atom stereocenters. The minimum Gasteiger partial charge on any atom is -0.507 e. The van der Waals surface area contributed by atoms with Crippen LogP contribution in [-0.4, -0.2) is 33.2 Å². The maximum absolute atomic E-state index is 12.7. The predicted molar refractivity (Wildman–Crippen MR) is 106 cm³/mol. The van der Waals surface area contributed by atoms with Crippen molar-refractivity contribution >= 4 is 39.1 Å². The van der Waals surface area contributed by atoms with E-state index in [0.29, 0.717) is 11.1 Å². The molecule has 8 heteroatoms. The zero-order valence-corrected chi connectivity index (χ0v) is 16.1. The summed E-state index contributed by atoms with van der Waals surface area (Å²) in [5, 5.41) is 21.9. The number of rotatable bonds is 5. The molecule has 1 fully saturated rings. The van der Waals surface area contributed by atoms with Crippen LogP contribution in [0.2, 0.25) is 0 Å². The molecule has 3 rings (SSSR count). The molecule has 0 aliphatic carbocycles. The number of nitro benzene ring substituents is 1. The zero-order chi connectivity index (χ0) is 20.4. The molecule has 1 aliphatic heterocycles. The summed E-state index contributed by atoms with van der Waals surface area (Å²) in [6, 6.07) is 11.3. The van der Waals surface area contributed by atoms with Crippen molar-refractivity contribution in [3.8, 4) is 0 Å². The second kappa shape index (κ2) is 7.77. The number of ketones is 1. The normalized spacial score (nSPS) is 18.3. The van der Waals surface area contributed by atoms with E-state index in [1.807, 2.05) is 0 Å². The van der Waals surface area contributed by atoms with Crippen LogP contribution < -0.4 is 0 Å². The average molecular weight is 443 g/mol. The Bertz CT molecular complexity index is 1010. The Kier molecular flexibility index (Phi) is 5.41. The maximum atomic E-state index is 12.7. The summed E-state index contributed by atoms with van der Waals surface area (Å²) in [4.78, 5) is 37.1. The predicted octanol–water partition coefficient (Wildman–Crippen LogP) is 3.97. The van der Waals surface area contributed by atoms with Gasteiger partial charge in [-0.05, 0) is 17.7 Å². The topological polar surface area (TPSA) is 101 Å². The van der Waals surface area contributed by atoms with Gasteiger partial charge in [0, 0.05) is 28.7 Å². The molecule has 0 spiro atoms. The van der Waals surface area contributed by atoms with E-state index in [1.165, 1.54) is 29.2 Å². The molecule has 7 nitrogen and oxygen atoms in total. The summed E-state index contributed by atoms with van der Waals surface area (Å²) in [7, 11) is 0. The molecule has 0 radical (unpaired) electrons. The number of nitro groups is 1. The number of amides is 1. The number of aliphatic hydroxyl groups is 1. The summed E-state index contributed by atoms with van der Waals surface area (Å²) in [5.74, 6) is -1.98. The quantitative estimate of drug-likeness (QED) is 0.188. The molecule has 1 aliphatic rings. The molecular weight excluding hydrogens is 428 g/mol. The van der Waals surface area contributed by atoms with E-state index in [-0.39, 0.29) is 23.6 Å². The molecule has 1 atom stereocenters. The number of carbonyl (C=O) groups is 2. The lowest BCUT2D eigenvalue weighted by Gasteiger charge is -2.23. The number of Topliss-reactive ketones (excluding diaryl/α,β-unsaturated/α-hetero) is 1. The average Bonchev–Trinajstić information content (AvgIpc) is 2.93. The van der Waals surface area contributed by atoms with Crippen molar-refractivity contribution in [2.24, 2.45) is 0 Å². The van der Waals surface area contributed by atoms with Gasteiger partial charge in [-0.2, -0.15) is 0 Å². The van der Waals surface area contributed by atoms with Crippen LogP contribution in [0.15, 0.2) is 71.2 Å². The number of halogens is 1. The van der Waals surface area contributed by atoms with E-state index in [1.54, 1.807) is 30.3 Å². The number of carbonyl (C=O) groups excluding carboxylic acids is 2. The van der Waals surface area contributed by atoms with Crippen molar-refractivity contribution in [3.63, 3.8) is 0 Å². The fourth-order valence-electron chi connectivity index (χ4n) is 3.13. The minimum atomic E-state index is -0.957. The molecule has 0 aromatic heterocycles. The molecule has 142 valence electrons. The highest BCUT2D eigenvalue weighted by Crippen LogP contribution is 2.40. The van der Waals surface area contributed by atoms with Crippen LogP contribution >= 0.6 is 15.9 Å². The molecule has 28 heavy (non-hydrogen) atoms. The molecule has 1 N–H and O–H groups in total. The van der Waals surface area contributed by atoms with E-state index in [9.17, 15) is 24.8 Å². The van der Waals surface area contributed by atoms with Crippen LogP contribution in [0.3, 0.4) is 0 Å². The Labute approximate surface area is 168 Å². The van der Waals surface area contributed by atoms with Gasteiger partial charge in [-0.3, -0.25) is 19.7 Å². The molecule has 1 heterocycles. The van der Waals surface area contributed by atoms with Gasteiger partial charge in [0.05, 0.1) is 16.5 Å². The first-order valence-corrected chi connectivity index (χ1v) is 9.04. The van der Waals surface area contributed by atoms with Crippen LogP contribution in [0.25, 0.3) is 5.76 Å². The Hall–Kier alpha value is -3.26. The fourth-order valence-corrected chi connectivity index (χ4v) is 3.39. The highest BCUT2D eigenvalue weighted by atomic mass is 79.9. The summed E-state index contributed by atoms with van der Waals surface area (Å²) in [5.41, 5.74) is 0.421. The number of likely N-dealkylation sites (tertiary alicyclic amines) is 1. The van der Waals surface area contributed by atoms with E-state index < -0.39 is 22.7 Å². The van der Waals surface area contributed by atoms with Crippen LogP contribution in [0, 0.1) is 10.1 Å². The van der Waals surface area contributed by atoms with Crippen molar-refractivity contribution in [1.29, 1.82) is 0 Å². The van der Waals surface area contributed by atoms with Crippen LogP contribution in [-0.2, 0) is 9.59 Å². The van der Waals surface area contributed by atoms with E-state index in [2.05, 4.69) is 22.5 Å². The number of benzene rings is 2. The first-order valence-electron chi connectivity index (χ1n) is 8.24. The highest BCUT2D eigenvalue weighted by molar-refractivity contribution is 9.10. The van der Waals surface area contributed by atoms with E-state index >= 15 is 0 Å². The Morgan fingerprint density at radius 2 is 1.93 bits per heavy atom. The molecule has 0 bridgehead atoms. The van der Waals surface area contributed by atoms with Gasteiger partial charge in [0.25, 0.3) is 17.4 Å². The first kappa shape index (κ1) is 19.5. The third-order valence-corrected chi connectivity index (χ3v) is 4.91. The second-order valence-electron chi connectivity index (χ2n) is 6.10. The van der Waals surface area contributed by atoms with E-state index in [4.69, 9.17) is 0 Å². The molecule has 2 aromatic carbocycles. The van der Waals surface area contributed by atoms with Crippen molar-refractivity contribution in [2.45, 2.75) is 6.04 Å². The molecule has 1 amide bonds. The number of hydrogen-bond acceptors (Lipinski definition) is 5. The Balaban J connectivity index is 2.22. The number of non-ortho nitro benzene ring substituents is 1. The Morgan fingerprint density at radius 3 is 2.54 bits per heavy atom. The first-order chi connectivity index (χ1) is 13.3. The van der Waals surface area contributed by atoms with Crippen LogP contribution in [0.1, 0.15) is 17.2 Å². The standard InChI is InChI=1S/C20H15BrN2O5/c1-2-10-22-17(13-4-3-5-15(11-13)23(27)28)16(19(25)20(22)26)18(24)12-6-8-14(21)9-7-12/h2-9,11,17,24H,1,10H2/b18-16-. The monoisotopic (exact) mass is 442 g/mol. The lowest BCUT2D eigenvalue weighted by atomic mass is 9.95. The number of aliphatic hydroxyl groups excluding tert-OH is 1. The third kappa shape index (κ3) is 3.46. The largest absolute Gasteiger partial charge is 0.507 e. The molecular formula is C20H15BrN2O5. The lowest BCUT2D eigenvalue weighted by molar-refractivity contribution is -0.384. The van der Waals surface area contributed by atoms with Gasteiger partial charge in [-0.25, -0.2) is 0 Å². The zero-order valence-electron chi connectivity index (χ0n) is 14.5. The summed E-state index contributed by atoms with van der Waals surface area (Å²) in [6.07, 6.45) is 1.45. The van der Waals surface area contributed by atoms with Crippen molar-refractivity contribution in [3.05, 3.63) is 92.5 Å². The van der Waals surface area contributed by atoms with Gasteiger partial charge >= 0.3 is 0 Å². The SMILES string of the molecule is C=CCN1C(=O)C(=O)/C(=C(\O)c2ccc(Br)cc2)C1c1cccc([N+](=O)[O-])c1. The van der Waals surface area contributed by atoms with Gasteiger partial charge in [0.2, 0.25) is 0 Å². The van der Waals surface area contributed by atoms with E-state index in [0.717, 1.165) is 4.47 Å². The number of nitrogens with zero attached hydrogens (tertiary/aromatic N) is 2.